The summed E-state index contributed by atoms with van der Waals surface area (Å²) < 4.78 is 1.83. The van der Waals surface area contributed by atoms with E-state index in [0.29, 0.717) is 12.2 Å². The van der Waals surface area contributed by atoms with E-state index >= 15 is 0 Å². The van der Waals surface area contributed by atoms with Crippen LogP contribution < -0.4 is 10.2 Å². The predicted molar refractivity (Wildman–Crippen MR) is 125 cm³/mol. The van der Waals surface area contributed by atoms with E-state index in [1.807, 2.05) is 29.0 Å². The zero-order chi connectivity index (χ0) is 21.5. The summed E-state index contributed by atoms with van der Waals surface area (Å²) in [6.45, 7) is 7.76. The molecule has 0 unspecified atom stereocenters. The number of rotatable bonds is 10. The van der Waals surface area contributed by atoms with Crippen LogP contribution in [-0.2, 0) is 6.54 Å². The van der Waals surface area contributed by atoms with Gasteiger partial charge in [-0.25, -0.2) is 0 Å². The average molecular weight is 439 g/mol. The first-order valence-corrected chi connectivity index (χ1v) is 11.9. The molecule has 31 heavy (non-hydrogen) atoms. The lowest BCUT2D eigenvalue weighted by molar-refractivity contribution is 0.0944. The molecule has 4 rings (SSSR count). The molecule has 0 bridgehead atoms. The normalized spacial score (nSPS) is 13.8. The standard InChI is InChI=1S/C23H30N6OS/c1-2-27(18-19-10-4-3-5-11-19)14-9-13-24-21(30)20-12-8-17-29(20)23-26-25-22(31-23)28-15-6-7-16-28/h3-5,8,10-12,17H,2,6-7,9,13-16,18H2,1H3,(H,24,30). The van der Waals surface area contributed by atoms with Crippen molar-refractivity contribution in [2.75, 3.05) is 37.6 Å². The van der Waals surface area contributed by atoms with Crippen LogP contribution in [0.25, 0.3) is 5.13 Å². The first-order chi connectivity index (χ1) is 15.2. The minimum atomic E-state index is -0.0750. The van der Waals surface area contributed by atoms with Gasteiger partial charge in [0.25, 0.3) is 5.91 Å². The number of aromatic nitrogens is 3. The Labute approximate surface area is 187 Å². The molecule has 1 aromatic carbocycles. The Hall–Kier alpha value is -2.71. The van der Waals surface area contributed by atoms with Crippen molar-refractivity contribution in [2.45, 2.75) is 32.7 Å². The van der Waals surface area contributed by atoms with Crippen molar-refractivity contribution in [3.8, 4) is 5.13 Å². The Morgan fingerprint density at radius 2 is 1.87 bits per heavy atom. The molecule has 2 aromatic heterocycles. The number of amides is 1. The maximum atomic E-state index is 12.8. The van der Waals surface area contributed by atoms with Crippen molar-refractivity contribution in [1.82, 2.24) is 25.0 Å². The molecule has 3 heterocycles. The summed E-state index contributed by atoms with van der Waals surface area (Å²) in [6, 6.07) is 14.2. The molecule has 1 amide bonds. The first kappa shape index (κ1) is 21.5. The van der Waals surface area contributed by atoms with Crippen LogP contribution in [0.15, 0.2) is 48.7 Å². The minimum absolute atomic E-state index is 0.0750. The van der Waals surface area contributed by atoms with Crippen LogP contribution in [0.2, 0.25) is 0 Å². The molecule has 1 aliphatic rings. The van der Waals surface area contributed by atoms with Crippen molar-refractivity contribution in [1.29, 1.82) is 0 Å². The number of nitrogens with zero attached hydrogens (tertiary/aromatic N) is 5. The molecule has 3 aromatic rings. The third-order valence-corrected chi connectivity index (χ3v) is 6.58. The summed E-state index contributed by atoms with van der Waals surface area (Å²) in [5, 5.41) is 13.4. The van der Waals surface area contributed by atoms with Gasteiger partial charge in [-0.05, 0) is 43.5 Å². The maximum Gasteiger partial charge on any atom is 0.268 e. The Balaban J connectivity index is 1.28. The smallest absolute Gasteiger partial charge is 0.268 e. The molecule has 1 aliphatic heterocycles. The summed E-state index contributed by atoms with van der Waals surface area (Å²) in [5.74, 6) is -0.0750. The van der Waals surface area contributed by atoms with Gasteiger partial charge < -0.3 is 10.2 Å². The van der Waals surface area contributed by atoms with Crippen molar-refractivity contribution in [3.63, 3.8) is 0 Å². The predicted octanol–water partition coefficient (Wildman–Crippen LogP) is 3.57. The van der Waals surface area contributed by atoms with E-state index < -0.39 is 0 Å². The van der Waals surface area contributed by atoms with Crippen LogP contribution in [0.1, 0.15) is 42.2 Å². The third-order valence-electron chi connectivity index (χ3n) is 5.60. The second kappa shape index (κ2) is 10.5. The van der Waals surface area contributed by atoms with Gasteiger partial charge in [0.15, 0.2) is 0 Å². The van der Waals surface area contributed by atoms with E-state index in [1.165, 1.54) is 29.7 Å². The highest BCUT2D eigenvalue weighted by Gasteiger charge is 2.19. The SMILES string of the molecule is CCN(CCCNC(=O)c1cccn1-c1nnc(N2CCCC2)s1)Cc1ccccc1. The molecule has 1 fully saturated rings. The highest BCUT2D eigenvalue weighted by Crippen LogP contribution is 2.27. The fraction of sp³-hybridized carbons (Fsp3) is 0.435. The molecule has 1 saturated heterocycles. The molecular weight excluding hydrogens is 408 g/mol. The molecule has 0 aliphatic carbocycles. The second-order valence-electron chi connectivity index (χ2n) is 7.79. The number of nitrogens with one attached hydrogen (secondary N) is 1. The summed E-state index contributed by atoms with van der Waals surface area (Å²) in [6.07, 6.45) is 5.19. The minimum Gasteiger partial charge on any atom is -0.351 e. The lowest BCUT2D eigenvalue weighted by Crippen LogP contribution is -2.30. The molecule has 0 atom stereocenters. The van der Waals surface area contributed by atoms with Crippen molar-refractivity contribution < 1.29 is 4.79 Å². The topological polar surface area (TPSA) is 66.3 Å². The van der Waals surface area contributed by atoms with Crippen LogP contribution in [0.3, 0.4) is 0 Å². The lowest BCUT2D eigenvalue weighted by atomic mass is 10.2. The van der Waals surface area contributed by atoms with Crippen molar-refractivity contribution >= 4 is 22.4 Å². The average Bonchev–Trinajstić information content (AvgIpc) is 3.56. The Morgan fingerprint density at radius 1 is 1.10 bits per heavy atom. The van der Waals surface area contributed by atoms with Gasteiger partial charge in [0, 0.05) is 38.9 Å². The summed E-state index contributed by atoms with van der Waals surface area (Å²) in [7, 11) is 0. The summed E-state index contributed by atoms with van der Waals surface area (Å²) in [5.41, 5.74) is 1.91. The van der Waals surface area contributed by atoms with Crippen molar-refractivity contribution in [2.24, 2.45) is 0 Å². The van der Waals surface area contributed by atoms with E-state index in [-0.39, 0.29) is 5.91 Å². The van der Waals surface area contributed by atoms with Crippen LogP contribution >= 0.6 is 11.3 Å². The first-order valence-electron chi connectivity index (χ1n) is 11.0. The van der Waals surface area contributed by atoms with E-state index in [4.69, 9.17) is 0 Å². The van der Waals surface area contributed by atoms with E-state index in [0.717, 1.165) is 49.4 Å². The van der Waals surface area contributed by atoms with Gasteiger partial charge in [-0.2, -0.15) is 0 Å². The largest absolute Gasteiger partial charge is 0.351 e. The van der Waals surface area contributed by atoms with Gasteiger partial charge in [-0.15, -0.1) is 10.2 Å². The molecule has 1 N–H and O–H groups in total. The van der Waals surface area contributed by atoms with Gasteiger partial charge in [-0.3, -0.25) is 14.3 Å². The van der Waals surface area contributed by atoms with Crippen molar-refractivity contribution in [3.05, 3.63) is 59.9 Å². The fourth-order valence-corrected chi connectivity index (χ4v) is 4.76. The number of carbonyl (C=O) groups excluding carboxylic acids is 1. The molecule has 0 radical (unpaired) electrons. The summed E-state index contributed by atoms with van der Waals surface area (Å²) >= 11 is 1.54. The van der Waals surface area contributed by atoms with Gasteiger partial charge in [-0.1, -0.05) is 48.6 Å². The van der Waals surface area contributed by atoms with Crippen LogP contribution in [0.5, 0.6) is 0 Å². The Kier molecular flexibility index (Phi) is 7.32. The fourth-order valence-electron chi connectivity index (χ4n) is 3.86. The molecule has 164 valence electrons. The quantitative estimate of drug-likeness (QED) is 0.490. The Bertz CT molecular complexity index is 963. The van der Waals surface area contributed by atoms with Crippen LogP contribution in [0.4, 0.5) is 5.13 Å². The molecule has 0 saturated carbocycles. The zero-order valence-electron chi connectivity index (χ0n) is 18.0. The van der Waals surface area contributed by atoms with Gasteiger partial charge >= 0.3 is 0 Å². The van der Waals surface area contributed by atoms with E-state index in [1.54, 1.807) is 0 Å². The van der Waals surface area contributed by atoms with Gasteiger partial charge in [0.05, 0.1) is 0 Å². The molecule has 8 heteroatoms. The van der Waals surface area contributed by atoms with E-state index in [2.05, 4.69) is 56.5 Å². The zero-order valence-corrected chi connectivity index (χ0v) is 18.9. The summed E-state index contributed by atoms with van der Waals surface area (Å²) in [4.78, 5) is 17.4. The monoisotopic (exact) mass is 438 g/mol. The molecular formula is C23H30N6OS. The van der Waals surface area contributed by atoms with Crippen LogP contribution in [-0.4, -0.2) is 58.3 Å². The highest BCUT2D eigenvalue weighted by atomic mass is 32.1. The number of benzene rings is 1. The molecule has 7 nitrogen and oxygen atoms in total. The van der Waals surface area contributed by atoms with Crippen LogP contribution in [0, 0.1) is 0 Å². The molecule has 0 spiro atoms. The second-order valence-corrected chi connectivity index (χ2v) is 8.72. The maximum absolute atomic E-state index is 12.8. The number of carbonyl (C=O) groups is 1. The van der Waals surface area contributed by atoms with Gasteiger partial charge in [0.2, 0.25) is 10.3 Å². The number of hydrogen-bond donors (Lipinski definition) is 1. The van der Waals surface area contributed by atoms with E-state index in [9.17, 15) is 4.79 Å². The highest BCUT2D eigenvalue weighted by molar-refractivity contribution is 7.17. The Morgan fingerprint density at radius 3 is 2.65 bits per heavy atom. The number of anilines is 1. The number of hydrogen-bond acceptors (Lipinski definition) is 6. The third kappa shape index (κ3) is 5.51. The lowest BCUT2D eigenvalue weighted by Gasteiger charge is -2.20. The van der Waals surface area contributed by atoms with Gasteiger partial charge in [0.1, 0.15) is 5.69 Å².